The maximum Gasteiger partial charge on any atom is 0.326 e. The maximum atomic E-state index is 12.6. The molecule has 4 rings (SSSR count). The number of carbonyl (C=O) groups is 2. The van der Waals surface area contributed by atoms with E-state index < -0.39 is 12.0 Å². The fraction of sp³-hybridized carbons (Fsp3) is 0.393. The second kappa shape index (κ2) is 11.7. The van der Waals surface area contributed by atoms with Crippen LogP contribution in [0.3, 0.4) is 0 Å². The number of hydrogen-bond acceptors (Lipinski definition) is 5. The van der Waals surface area contributed by atoms with Crippen molar-refractivity contribution in [3.8, 4) is 5.75 Å². The number of aromatic nitrogens is 1. The predicted molar refractivity (Wildman–Crippen MR) is 133 cm³/mol. The van der Waals surface area contributed by atoms with Crippen LogP contribution in [0.4, 0.5) is 0 Å². The second-order valence-corrected chi connectivity index (χ2v) is 9.02. The number of allylic oxidation sites excluding steroid dienone is 4. The summed E-state index contributed by atoms with van der Waals surface area (Å²) in [4.78, 5) is 30.3. The first-order chi connectivity index (χ1) is 17.0. The Morgan fingerprint density at radius 3 is 2.83 bits per heavy atom. The third-order valence-corrected chi connectivity index (χ3v) is 6.53. The summed E-state index contributed by atoms with van der Waals surface area (Å²) in [5.74, 6) is 0.616. The van der Waals surface area contributed by atoms with Crippen LogP contribution in [0.5, 0.6) is 5.75 Å². The average Bonchev–Trinajstić information content (AvgIpc) is 3.54. The molecule has 7 nitrogen and oxygen atoms in total. The van der Waals surface area contributed by atoms with Crippen molar-refractivity contribution in [3.05, 3.63) is 77.6 Å². The van der Waals surface area contributed by atoms with E-state index in [4.69, 9.17) is 9.15 Å². The van der Waals surface area contributed by atoms with Crippen LogP contribution < -0.4 is 4.74 Å². The highest BCUT2D eigenvalue weighted by atomic mass is 16.5. The van der Waals surface area contributed by atoms with E-state index in [-0.39, 0.29) is 18.9 Å². The van der Waals surface area contributed by atoms with Gasteiger partial charge in [0, 0.05) is 25.5 Å². The molecule has 1 atom stereocenters. The minimum atomic E-state index is -1.01. The van der Waals surface area contributed by atoms with E-state index in [1.165, 1.54) is 36.7 Å². The molecule has 0 unspecified atom stereocenters. The van der Waals surface area contributed by atoms with Crippen LogP contribution in [0.2, 0.25) is 0 Å². The van der Waals surface area contributed by atoms with Crippen LogP contribution in [-0.2, 0) is 29.0 Å². The van der Waals surface area contributed by atoms with Crippen molar-refractivity contribution >= 4 is 18.0 Å². The summed E-state index contributed by atoms with van der Waals surface area (Å²) in [6.07, 6.45) is 18.4. The van der Waals surface area contributed by atoms with E-state index in [0.717, 1.165) is 16.8 Å². The Morgan fingerprint density at radius 2 is 2.06 bits per heavy atom. The highest BCUT2D eigenvalue weighted by molar-refractivity contribution is 5.92. The molecule has 1 aromatic heterocycles. The molecule has 184 valence electrons. The van der Waals surface area contributed by atoms with E-state index in [1.54, 1.807) is 24.5 Å². The van der Waals surface area contributed by atoms with Gasteiger partial charge in [0.15, 0.2) is 0 Å². The van der Waals surface area contributed by atoms with Crippen LogP contribution in [0.15, 0.2) is 59.3 Å². The quantitative estimate of drug-likeness (QED) is 0.406. The van der Waals surface area contributed by atoms with Gasteiger partial charge in [-0.25, -0.2) is 9.78 Å². The van der Waals surface area contributed by atoms with Gasteiger partial charge < -0.3 is 19.2 Å². The van der Waals surface area contributed by atoms with Gasteiger partial charge in [-0.1, -0.05) is 43.2 Å². The standard InChI is InChI=1S/C28H32N2O5/c1-2-3-4-9-27(31)30-18-22-16-24(12-11-21(22)17-25(30)28(32)33)34-15-14-23-19-35-26(29-23)13-10-20-7-5-6-8-20/h2-4,9-13,16,19-20,25H,5-8,14-15,17-18H2,1H3,(H,32,33)/b3-2+,9-4+,13-10+/t25-/m0/s1. The highest BCUT2D eigenvalue weighted by Crippen LogP contribution is 2.28. The van der Waals surface area contributed by atoms with Crippen molar-refractivity contribution in [2.75, 3.05) is 6.61 Å². The molecule has 35 heavy (non-hydrogen) atoms. The van der Waals surface area contributed by atoms with Gasteiger partial charge in [0.2, 0.25) is 11.8 Å². The van der Waals surface area contributed by atoms with Gasteiger partial charge in [-0.05, 0) is 55.0 Å². The van der Waals surface area contributed by atoms with Crippen molar-refractivity contribution in [1.29, 1.82) is 0 Å². The van der Waals surface area contributed by atoms with Crippen LogP contribution in [-0.4, -0.2) is 39.5 Å². The Balaban J connectivity index is 1.35. The minimum Gasteiger partial charge on any atom is -0.493 e. The van der Waals surface area contributed by atoms with Gasteiger partial charge >= 0.3 is 5.97 Å². The fourth-order valence-electron chi connectivity index (χ4n) is 4.60. The number of oxazole rings is 1. The van der Waals surface area contributed by atoms with Crippen molar-refractivity contribution < 1.29 is 23.8 Å². The summed E-state index contributed by atoms with van der Waals surface area (Å²) >= 11 is 0. The van der Waals surface area contributed by atoms with E-state index in [1.807, 2.05) is 31.2 Å². The topological polar surface area (TPSA) is 92.9 Å². The van der Waals surface area contributed by atoms with Crippen molar-refractivity contribution in [1.82, 2.24) is 9.88 Å². The van der Waals surface area contributed by atoms with Gasteiger partial charge in [-0.2, -0.15) is 0 Å². The van der Waals surface area contributed by atoms with Gasteiger partial charge in [0.1, 0.15) is 18.1 Å². The first-order valence-electron chi connectivity index (χ1n) is 12.2. The van der Waals surface area contributed by atoms with E-state index in [9.17, 15) is 14.7 Å². The molecule has 1 aliphatic carbocycles. The Morgan fingerprint density at radius 1 is 1.23 bits per heavy atom. The number of carbonyl (C=O) groups excluding carboxylic acids is 1. The number of amides is 1. The Labute approximate surface area is 205 Å². The lowest BCUT2D eigenvalue weighted by Gasteiger charge is -2.34. The molecule has 1 N–H and O–H groups in total. The number of hydrogen-bond donors (Lipinski definition) is 1. The molecular formula is C28H32N2O5. The molecule has 1 aromatic carbocycles. The zero-order chi connectivity index (χ0) is 24.6. The van der Waals surface area contributed by atoms with Crippen molar-refractivity contribution in [3.63, 3.8) is 0 Å². The number of nitrogens with zero attached hydrogens (tertiary/aromatic N) is 2. The molecule has 0 radical (unpaired) electrons. The summed E-state index contributed by atoms with van der Waals surface area (Å²) in [5, 5.41) is 9.65. The maximum absolute atomic E-state index is 12.6. The third kappa shape index (κ3) is 6.50. The fourth-order valence-corrected chi connectivity index (χ4v) is 4.60. The van der Waals surface area contributed by atoms with Gasteiger partial charge in [-0.15, -0.1) is 0 Å². The monoisotopic (exact) mass is 476 g/mol. The molecule has 1 saturated carbocycles. The van der Waals surface area contributed by atoms with E-state index >= 15 is 0 Å². The first kappa shape index (κ1) is 24.5. The van der Waals surface area contributed by atoms with E-state index in [0.29, 0.717) is 30.6 Å². The molecular weight excluding hydrogens is 444 g/mol. The average molecular weight is 477 g/mol. The number of carboxylic acids is 1. The molecule has 1 amide bonds. The summed E-state index contributed by atoms with van der Waals surface area (Å²) in [7, 11) is 0. The number of aliphatic carboxylic acids is 1. The predicted octanol–water partition coefficient (Wildman–Crippen LogP) is 4.97. The number of rotatable bonds is 9. The van der Waals surface area contributed by atoms with Gasteiger partial charge in [-0.3, -0.25) is 4.79 Å². The van der Waals surface area contributed by atoms with Gasteiger partial charge in [0.25, 0.3) is 0 Å². The summed E-state index contributed by atoms with van der Waals surface area (Å²) in [6, 6.07) is 4.74. The smallest absolute Gasteiger partial charge is 0.326 e. The minimum absolute atomic E-state index is 0.225. The van der Waals surface area contributed by atoms with Gasteiger partial charge in [0.05, 0.1) is 12.3 Å². The summed E-state index contributed by atoms with van der Waals surface area (Å²) in [6.45, 7) is 2.51. The molecule has 0 bridgehead atoms. The largest absolute Gasteiger partial charge is 0.493 e. The Hall–Kier alpha value is -3.61. The Bertz CT molecular complexity index is 1120. The lowest BCUT2D eigenvalue weighted by atomic mass is 9.93. The van der Waals surface area contributed by atoms with Crippen molar-refractivity contribution in [2.24, 2.45) is 5.92 Å². The molecule has 0 spiro atoms. The summed E-state index contributed by atoms with van der Waals surface area (Å²) in [5.41, 5.74) is 2.65. The zero-order valence-corrected chi connectivity index (χ0v) is 20.1. The lowest BCUT2D eigenvalue weighted by Crippen LogP contribution is -2.48. The number of benzene rings is 1. The number of ether oxygens (including phenoxy) is 1. The first-order valence-corrected chi connectivity index (χ1v) is 12.2. The lowest BCUT2D eigenvalue weighted by molar-refractivity contribution is -0.149. The molecule has 1 aliphatic heterocycles. The normalized spacial score (nSPS) is 18.7. The zero-order valence-electron chi connectivity index (χ0n) is 20.1. The van der Waals surface area contributed by atoms with E-state index in [2.05, 4.69) is 11.1 Å². The molecule has 7 heteroatoms. The second-order valence-electron chi connectivity index (χ2n) is 9.02. The number of carboxylic acid groups (broad SMARTS) is 1. The third-order valence-electron chi connectivity index (χ3n) is 6.53. The molecule has 2 aliphatic rings. The SMILES string of the molecule is C/C=C/C=C/C(=O)N1Cc2cc(OCCc3coc(/C=C/C4CCCC4)n3)ccc2C[C@H]1C(=O)O. The van der Waals surface area contributed by atoms with Crippen LogP contribution in [0.25, 0.3) is 6.08 Å². The number of fused-ring (bicyclic) bond motifs is 1. The molecule has 2 aromatic rings. The molecule has 1 fully saturated rings. The van der Waals surface area contributed by atoms with Crippen LogP contribution in [0, 0.1) is 5.92 Å². The molecule has 2 heterocycles. The van der Waals surface area contributed by atoms with Crippen molar-refractivity contribution in [2.45, 2.75) is 58.0 Å². The highest BCUT2D eigenvalue weighted by Gasteiger charge is 2.33. The van der Waals surface area contributed by atoms with Crippen LogP contribution in [0.1, 0.15) is 55.3 Å². The molecule has 0 saturated heterocycles. The Kier molecular flexibility index (Phi) is 8.19. The van der Waals surface area contributed by atoms with Crippen LogP contribution >= 0.6 is 0 Å². The summed E-state index contributed by atoms with van der Waals surface area (Å²) < 4.78 is 11.5.